The summed E-state index contributed by atoms with van der Waals surface area (Å²) in [5, 5.41) is 9.55. The zero-order valence-corrected chi connectivity index (χ0v) is 11.5. The number of hydrogen-bond donors (Lipinski definition) is 1. The first kappa shape index (κ1) is 13.6. The van der Waals surface area contributed by atoms with E-state index in [2.05, 4.69) is 46.5 Å². The van der Waals surface area contributed by atoms with Gasteiger partial charge in [-0.05, 0) is 48.6 Å². The highest BCUT2D eigenvalue weighted by molar-refractivity contribution is 5.43. The van der Waals surface area contributed by atoms with Crippen LogP contribution in [0, 0.1) is 31.6 Å². The lowest BCUT2D eigenvalue weighted by atomic mass is 9.84. The normalized spacial score (nSPS) is 13.7. The predicted octanol–water partition coefficient (Wildman–Crippen LogP) is 4.16. The third-order valence-corrected chi connectivity index (χ3v) is 3.29. The summed E-state index contributed by atoms with van der Waals surface area (Å²) in [5.41, 5.74) is 3.63. The molecule has 0 spiro atoms. The number of hydrogen-bond acceptors (Lipinski definition) is 1. The SMILES string of the molecule is CCC#CC(C)C(C)c1c(C)cc(O)cc1C. The number of benzene rings is 1. The molecule has 0 bridgehead atoms. The van der Waals surface area contributed by atoms with Gasteiger partial charge < -0.3 is 5.11 Å². The number of phenols is 1. The summed E-state index contributed by atoms with van der Waals surface area (Å²) >= 11 is 0. The summed E-state index contributed by atoms with van der Waals surface area (Å²) in [4.78, 5) is 0. The van der Waals surface area contributed by atoms with Crippen molar-refractivity contribution >= 4 is 0 Å². The van der Waals surface area contributed by atoms with Crippen molar-refractivity contribution in [1.29, 1.82) is 0 Å². The Bertz CT molecular complexity index is 425. The maximum atomic E-state index is 9.55. The molecule has 0 aliphatic rings. The van der Waals surface area contributed by atoms with Gasteiger partial charge in [-0.1, -0.05) is 26.7 Å². The topological polar surface area (TPSA) is 20.2 Å². The maximum Gasteiger partial charge on any atom is 0.116 e. The molecule has 1 aromatic rings. The van der Waals surface area contributed by atoms with Crippen molar-refractivity contribution in [2.45, 2.75) is 47.0 Å². The van der Waals surface area contributed by atoms with Crippen molar-refractivity contribution in [3.05, 3.63) is 28.8 Å². The van der Waals surface area contributed by atoms with Crippen LogP contribution in [0.15, 0.2) is 12.1 Å². The Morgan fingerprint density at radius 1 is 1.18 bits per heavy atom. The highest BCUT2D eigenvalue weighted by atomic mass is 16.3. The van der Waals surface area contributed by atoms with Gasteiger partial charge in [0.1, 0.15) is 5.75 Å². The first-order valence-electron chi connectivity index (χ1n) is 6.25. The van der Waals surface area contributed by atoms with E-state index in [-0.39, 0.29) is 0 Å². The molecule has 0 fully saturated rings. The number of aromatic hydroxyl groups is 1. The Labute approximate surface area is 105 Å². The molecule has 0 aliphatic carbocycles. The monoisotopic (exact) mass is 230 g/mol. The molecule has 92 valence electrons. The quantitative estimate of drug-likeness (QED) is 0.756. The molecule has 0 amide bonds. The smallest absolute Gasteiger partial charge is 0.116 e. The zero-order valence-electron chi connectivity index (χ0n) is 11.5. The maximum absolute atomic E-state index is 9.55. The van der Waals surface area contributed by atoms with Gasteiger partial charge in [0.15, 0.2) is 0 Å². The Morgan fingerprint density at radius 2 is 1.71 bits per heavy atom. The average Bonchev–Trinajstić information content (AvgIpc) is 2.24. The fourth-order valence-corrected chi connectivity index (χ4v) is 2.31. The molecular weight excluding hydrogens is 208 g/mol. The summed E-state index contributed by atoms with van der Waals surface area (Å²) in [6.45, 7) is 10.6. The second kappa shape index (κ2) is 5.77. The van der Waals surface area contributed by atoms with Crippen LogP contribution in [0.4, 0.5) is 0 Å². The van der Waals surface area contributed by atoms with Crippen molar-refractivity contribution < 1.29 is 5.11 Å². The van der Waals surface area contributed by atoms with Crippen LogP contribution >= 0.6 is 0 Å². The van der Waals surface area contributed by atoms with Crippen LogP contribution in [0.1, 0.15) is 49.8 Å². The molecule has 1 aromatic carbocycles. The summed E-state index contributed by atoms with van der Waals surface area (Å²) in [7, 11) is 0. The highest BCUT2D eigenvalue weighted by Crippen LogP contribution is 2.31. The van der Waals surface area contributed by atoms with Gasteiger partial charge in [-0.3, -0.25) is 0 Å². The van der Waals surface area contributed by atoms with E-state index in [4.69, 9.17) is 0 Å². The average molecular weight is 230 g/mol. The van der Waals surface area contributed by atoms with Crippen LogP contribution < -0.4 is 0 Å². The van der Waals surface area contributed by atoms with Crippen LogP contribution in [-0.2, 0) is 0 Å². The van der Waals surface area contributed by atoms with Crippen molar-refractivity contribution in [2.24, 2.45) is 5.92 Å². The highest BCUT2D eigenvalue weighted by Gasteiger charge is 2.17. The summed E-state index contributed by atoms with van der Waals surface area (Å²) in [6.07, 6.45) is 0.907. The second-order valence-corrected chi connectivity index (χ2v) is 4.75. The Kier molecular flexibility index (Phi) is 4.63. The third kappa shape index (κ3) is 3.27. The molecule has 0 saturated carbocycles. The largest absolute Gasteiger partial charge is 0.508 e. The Balaban J connectivity index is 3.08. The minimum absolute atomic E-state index is 0.344. The van der Waals surface area contributed by atoms with Crippen LogP contribution in [0.2, 0.25) is 0 Å². The van der Waals surface area contributed by atoms with Gasteiger partial charge in [0.05, 0.1) is 0 Å². The first-order valence-corrected chi connectivity index (χ1v) is 6.25. The standard InChI is InChI=1S/C16H22O/c1-6-7-8-11(2)14(5)16-12(3)9-15(17)10-13(16)4/h9-11,14,17H,6H2,1-5H3. The summed E-state index contributed by atoms with van der Waals surface area (Å²) in [5.74, 6) is 7.53. The lowest BCUT2D eigenvalue weighted by Gasteiger charge is -2.20. The van der Waals surface area contributed by atoms with E-state index in [0.717, 1.165) is 17.5 Å². The number of phenolic OH excluding ortho intramolecular Hbond substituents is 1. The molecule has 17 heavy (non-hydrogen) atoms. The Morgan fingerprint density at radius 3 is 2.18 bits per heavy atom. The van der Waals surface area contributed by atoms with Gasteiger partial charge in [0.25, 0.3) is 0 Å². The Hall–Kier alpha value is -1.42. The lowest BCUT2D eigenvalue weighted by molar-refractivity contribution is 0.473. The minimum Gasteiger partial charge on any atom is -0.508 e. The first-order chi connectivity index (χ1) is 7.97. The van der Waals surface area contributed by atoms with Gasteiger partial charge in [0.2, 0.25) is 0 Å². The molecule has 1 heteroatoms. The van der Waals surface area contributed by atoms with Gasteiger partial charge in [0, 0.05) is 12.3 Å². The van der Waals surface area contributed by atoms with Crippen molar-refractivity contribution in [2.75, 3.05) is 0 Å². The molecule has 0 radical (unpaired) electrons. The molecule has 0 aromatic heterocycles. The van der Waals surface area contributed by atoms with Gasteiger partial charge in [-0.2, -0.15) is 0 Å². The van der Waals surface area contributed by atoms with Crippen LogP contribution in [0.25, 0.3) is 0 Å². The number of rotatable bonds is 2. The third-order valence-electron chi connectivity index (χ3n) is 3.29. The van der Waals surface area contributed by atoms with E-state index < -0.39 is 0 Å². The fourth-order valence-electron chi connectivity index (χ4n) is 2.31. The van der Waals surface area contributed by atoms with E-state index >= 15 is 0 Å². The molecule has 1 N–H and O–H groups in total. The van der Waals surface area contributed by atoms with E-state index in [0.29, 0.717) is 17.6 Å². The molecule has 2 atom stereocenters. The molecule has 1 rings (SSSR count). The van der Waals surface area contributed by atoms with Crippen molar-refractivity contribution in [3.63, 3.8) is 0 Å². The molecule has 0 aliphatic heterocycles. The van der Waals surface area contributed by atoms with Gasteiger partial charge in [-0.15, -0.1) is 5.92 Å². The van der Waals surface area contributed by atoms with E-state index in [1.54, 1.807) is 0 Å². The van der Waals surface area contributed by atoms with E-state index in [1.165, 1.54) is 5.56 Å². The number of aryl methyl sites for hydroxylation is 2. The molecule has 2 unspecified atom stereocenters. The van der Waals surface area contributed by atoms with Crippen molar-refractivity contribution in [1.82, 2.24) is 0 Å². The molecule has 0 saturated heterocycles. The van der Waals surface area contributed by atoms with Crippen LogP contribution in [0.5, 0.6) is 5.75 Å². The fraction of sp³-hybridized carbons (Fsp3) is 0.500. The van der Waals surface area contributed by atoms with E-state index in [9.17, 15) is 5.11 Å². The van der Waals surface area contributed by atoms with Gasteiger partial charge >= 0.3 is 0 Å². The summed E-state index contributed by atoms with van der Waals surface area (Å²) < 4.78 is 0. The van der Waals surface area contributed by atoms with Crippen molar-refractivity contribution in [3.8, 4) is 17.6 Å². The zero-order chi connectivity index (χ0) is 13.0. The minimum atomic E-state index is 0.344. The van der Waals surface area contributed by atoms with Gasteiger partial charge in [-0.25, -0.2) is 0 Å². The molecule has 1 nitrogen and oxygen atoms in total. The van der Waals surface area contributed by atoms with E-state index in [1.807, 2.05) is 12.1 Å². The second-order valence-electron chi connectivity index (χ2n) is 4.75. The lowest BCUT2D eigenvalue weighted by Crippen LogP contribution is -2.08. The van der Waals surface area contributed by atoms with Crippen LogP contribution in [0.3, 0.4) is 0 Å². The molecule has 0 heterocycles. The predicted molar refractivity (Wildman–Crippen MR) is 73.2 cm³/mol. The molecular formula is C16H22O. The van der Waals surface area contributed by atoms with Crippen LogP contribution in [-0.4, -0.2) is 5.11 Å². The summed E-state index contributed by atoms with van der Waals surface area (Å²) in [6, 6.07) is 3.66.